The SMILES string of the molecule is CCCn1c(=O)c2[nH]c(-c3ccc(OCC(=O)NCCN)cc3O)nc2n(CCC)c1=O. The molecule has 1 aromatic carbocycles. The van der Waals surface area contributed by atoms with Gasteiger partial charge in [-0.2, -0.15) is 0 Å². The fourth-order valence-corrected chi connectivity index (χ4v) is 3.35. The predicted molar refractivity (Wildman–Crippen MR) is 120 cm³/mol. The Balaban J connectivity index is 1.97. The second-order valence-electron chi connectivity index (χ2n) is 7.28. The summed E-state index contributed by atoms with van der Waals surface area (Å²) in [5.74, 6) is 0.0644. The average molecular weight is 444 g/mol. The third kappa shape index (κ3) is 4.67. The van der Waals surface area contributed by atoms with Gasteiger partial charge in [-0.15, -0.1) is 0 Å². The number of carbonyl (C=O) groups excluding carboxylic acids is 1. The highest BCUT2D eigenvalue weighted by Crippen LogP contribution is 2.31. The van der Waals surface area contributed by atoms with Gasteiger partial charge in [0.2, 0.25) is 0 Å². The molecule has 0 fully saturated rings. The Labute approximate surface area is 183 Å². The van der Waals surface area contributed by atoms with Gasteiger partial charge in [-0.05, 0) is 25.0 Å². The standard InChI is InChI=1S/C21H28N6O5/c1-3-9-26-19-17(20(30)27(10-4-2)21(26)31)24-18(25-19)14-6-5-13(11-15(14)28)32-12-16(29)23-8-7-22/h5-6,11,28H,3-4,7-10,12,22H2,1-2H3,(H,23,29)(H,24,25). The molecule has 0 aliphatic rings. The van der Waals surface area contributed by atoms with Crippen molar-refractivity contribution < 1.29 is 14.6 Å². The van der Waals surface area contributed by atoms with Crippen molar-refractivity contribution in [1.82, 2.24) is 24.4 Å². The Hall–Kier alpha value is -3.60. The molecular weight excluding hydrogens is 416 g/mol. The van der Waals surface area contributed by atoms with Crippen molar-refractivity contribution >= 4 is 17.1 Å². The first kappa shape index (κ1) is 23.1. The van der Waals surface area contributed by atoms with Gasteiger partial charge in [-0.3, -0.25) is 18.7 Å². The number of hydrogen-bond donors (Lipinski definition) is 4. The summed E-state index contributed by atoms with van der Waals surface area (Å²) in [6.45, 7) is 5.00. The number of imidazole rings is 1. The molecule has 0 radical (unpaired) electrons. The molecule has 3 rings (SSSR count). The second kappa shape index (κ2) is 10.1. The summed E-state index contributed by atoms with van der Waals surface area (Å²) in [5.41, 5.74) is 5.28. The average Bonchev–Trinajstić information content (AvgIpc) is 3.22. The highest BCUT2D eigenvalue weighted by Gasteiger charge is 2.19. The second-order valence-corrected chi connectivity index (χ2v) is 7.28. The number of carbonyl (C=O) groups is 1. The summed E-state index contributed by atoms with van der Waals surface area (Å²) in [5, 5.41) is 13.1. The van der Waals surface area contributed by atoms with E-state index in [0.29, 0.717) is 50.3 Å². The summed E-state index contributed by atoms with van der Waals surface area (Å²) in [6.07, 6.45) is 1.33. The van der Waals surface area contributed by atoms with Crippen molar-refractivity contribution in [3.8, 4) is 22.9 Å². The maximum absolute atomic E-state index is 12.9. The number of fused-ring (bicyclic) bond motifs is 1. The van der Waals surface area contributed by atoms with Gasteiger partial charge in [0.1, 0.15) is 22.8 Å². The van der Waals surface area contributed by atoms with Crippen molar-refractivity contribution in [2.24, 2.45) is 5.73 Å². The van der Waals surface area contributed by atoms with Gasteiger partial charge in [0.15, 0.2) is 12.3 Å². The number of ether oxygens (including phenoxy) is 1. The molecule has 0 aliphatic heterocycles. The number of benzene rings is 1. The minimum Gasteiger partial charge on any atom is -0.507 e. The van der Waals surface area contributed by atoms with Crippen molar-refractivity contribution in [2.75, 3.05) is 19.7 Å². The number of nitrogens with zero attached hydrogens (tertiary/aromatic N) is 3. The van der Waals surface area contributed by atoms with Crippen molar-refractivity contribution in [1.29, 1.82) is 0 Å². The fraction of sp³-hybridized carbons (Fsp3) is 0.429. The van der Waals surface area contributed by atoms with Gasteiger partial charge < -0.3 is 25.9 Å². The van der Waals surface area contributed by atoms with Gasteiger partial charge in [0, 0.05) is 32.2 Å². The number of H-pyrrole nitrogens is 1. The Morgan fingerprint density at radius 3 is 2.59 bits per heavy atom. The number of aromatic amines is 1. The zero-order valence-electron chi connectivity index (χ0n) is 18.2. The Morgan fingerprint density at radius 1 is 1.22 bits per heavy atom. The lowest BCUT2D eigenvalue weighted by molar-refractivity contribution is -0.123. The Bertz CT molecular complexity index is 1230. The molecule has 32 heavy (non-hydrogen) atoms. The number of phenols is 1. The Morgan fingerprint density at radius 2 is 1.94 bits per heavy atom. The van der Waals surface area contributed by atoms with Crippen LogP contribution in [0.5, 0.6) is 11.5 Å². The van der Waals surface area contributed by atoms with Crippen LogP contribution in [0.4, 0.5) is 0 Å². The van der Waals surface area contributed by atoms with Crippen molar-refractivity contribution in [3.05, 3.63) is 39.0 Å². The van der Waals surface area contributed by atoms with Crippen molar-refractivity contribution in [3.63, 3.8) is 0 Å². The molecule has 0 aliphatic carbocycles. The van der Waals surface area contributed by atoms with Gasteiger partial charge in [-0.25, -0.2) is 9.78 Å². The molecule has 11 heteroatoms. The quantitative estimate of drug-likeness (QED) is 0.355. The molecule has 0 saturated carbocycles. The molecular formula is C21H28N6O5. The van der Waals surface area contributed by atoms with E-state index in [-0.39, 0.29) is 35.3 Å². The topological polar surface area (TPSA) is 157 Å². The number of aromatic hydroxyl groups is 1. The minimum absolute atomic E-state index is 0.151. The molecule has 1 amide bonds. The molecule has 0 spiro atoms. The van der Waals surface area contributed by atoms with Gasteiger partial charge in [0.05, 0.1) is 5.56 Å². The summed E-state index contributed by atoms with van der Waals surface area (Å²) < 4.78 is 8.06. The first-order valence-corrected chi connectivity index (χ1v) is 10.6. The molecule has 172 valence electrons. The lowest BCUT2D eigenvalue weighted by atomic mass is 10.2. The first-order chi connectivity index (χ1) is 15.4. The van der Waals surface area contributed by atoms with Crippen LogP contribution in [-0.4, -0.2) is 49.8 Å². The van der Waals surface area contributed by atoms with Crippen LogP contribution >= 0.6 is 0 Å². The van der Waals surface area contributed by atoms with Crippen LogP contribution < -0.4 is 27.0 Å². The van der Waals surface area contributed by atoms with Crippen LogP contribution in [0, 0.1) is 0 Å². The van der Waals surface area contributed by atoms with E-state index in [1.807, 2.05) is 13.8 Å². The van der Waals surface area contributed by atoms with E-state index in [1.54, 1.807) is 12.1 Å². The Kier molecular flexibility index (Phi) is 7.31. The molecule has 11 nitrogen and oxygen atoms in total. The summed E-state index contributed by atoms with van der Waals surface area (Å²) in [7, 11) is 0. The zero-order chi connectivity index (χ0) is 23.3. The van der Waals surface area contributed by atoms with Crippen molar-refractivity contribution in [2.45, 2.75) is 39.8 Å². The van der Waals surface area contributed by atoms with E-state index in [1.165, 1.54) is 15.2 Å². The maximum Gasteiger partial charge on any atom is 0.332 e. The molecule has 0 unspecified atom stereocenters. The van der Waals surface area contributed by atoms with Crippen LogP contribution in [-0.2, 0) is 17.9 Å². The normalized spacial score (nSPS) is 11.1. The summed E-state index contributed by atoms with van der Waals surface area (Å²) in [6, 6.07) is 4.49. The van der Waals surface area contributed by atoms with Crippen LogP contribution in [0.25, 0.3) is 22.6 Å². The van der Waals surface area contributed by atoms with E-state index in [0.717, 1.165) is 0 Å². The number of aromatic nitrogens is 4. The van der Waals surface area contributed by atoms with E-state index in [2.05, 4.69) is 15.3 Å². The van der Waals surface area contributed by atoms with Crippen LogP contribution in [0.2, 0.25) is 0 Å². The van der Waals surface area contributed by atoms with E-state index in [4.69, 9.17) is 10.5 Å². The maximum atomic E-state index is 12.9. The number of hydrogen-bond acceptors (Lipinski definition) is 7. The van der Waals surface area contributed by atoms with E-state index < -0.39 is 11.2 Å². The number of amides is 1. The molecule has 0 bridgehead atoms. The smallest absolute Gasteiger partial charge is 0.332 e. The molecule has 2 aromatic heterocycles. The van der Waals surface area contributed by atoms with Crippen LogP contribution in [0.3, 0.4) is 0 Å². The number of nitrogens with two attached hydrogens (primary N) is 1. The van der Waals surface area contributed by atoms with E-state index in [9.17, 15) is 19.5 Å². The third-order valence-electron chi connectivity index (χ3n) is 4.82. The first-order valence-electron chi connectivity index (χ1n) is 10.6. The molecule has 2 heterocycles. The number of phenolic OH excluding ortho intramolecular Hbond substituents is 1. The largest absolute Gasteiger partial charge is 0.507 e. The molecule has 3 aromatic rings. The summed E-state index contributed by atoms with van der Waals surface area (Å²) in [4.78, 5) is 44.7. The lowest BCUT2D eigenvalue weighted by Gasteiger charge is -2.09. The number of aryl methyl sites for hydroxylation is 1. The summed E-state index contributed by atoms with van der Waals surface area (Å²) >= 11 is 0. The molecule has 0 atom stereocenters. The monoisotopic (exact) mass is 444 g/mol. The highest BCUT2D eigenvalue weighted by molar-refractivity contribution is 5.78. The fourth-order valence-electron chi connectivity index (χ4n) is 3.35. The zero-order valence-corrected chi connectivity index (χ0v) is 18.2. The third-order valence-corrected chi connectivity index (χ3v) is 4.82. The van der Waals surface area contributed by atoms with E-state index >= 15 is 0 Å². The van der Waals surface area contributed by atoms with Crippen LogP contribution in [0.1, 0.15) is 26.7 Å². The predicted octanol–water partition coefficient (Wildman–Crippen LogP) is 0.533. The van der Waals surface area contributed by atoms with Gasteiger partial charge >= 0.3 is 5.69 Å². The molecule has 0 saturated heterocycles. The van der Waals surface area contributed by atoms with Crippen LogP contribution in [0.15, 0.2) is 27.8 Å². The highest BCUT2D eigenvalue weighted by atomic mass is 16.5. The minimum atomic E-state index is -0.444. The van der Waals surface area contributed by atoms with Gasteiger partial charge in [0.25, 0.3) is 11.5 Å². The lowest BCUT2D eigenvalue weighted by Crippen LogP contribution is -2.40. The molecule has 5 N–H and O–H groups in total. The number of nitrogens with one attached hydrogen (secondary N) is 2. The number of rotatable bonds is 10. The van der Waals surface area contributed by atoms with Gasteiger partial charge in [-0.1, -0.05) is 13.8 Å².